The maximum atomic E-state index is 10.8. The second-order valence-corrected chi connectivity index (χ2v) is 3.37. The van der Waals surface area contributed by atoms with Crippen molar-refractivity contribution < 1.29 is 4.79 Å². The number of hydrogen-bond acceptors (Lipinski definition) is 2. The average Bonchev–Trinajstić information content (AvgIpc) is 2.20. The van der Waals surface area contributed by atoms with Gasteiger partial charge in [-0.2, -0.15) is 0 Å². The lowest BCUT2D eigenvalue weighted by Crippen LogP contribution is -2.24. The van der Waals surface area contributed by atoms with E-state index in [2.05, 4.69) is 16.0 Å². The summed E-state index contributed by atoms with van der Waals surface area (Å²) in [6.07, 6.45) is 0. The number of thiocarbonyl (C=S) groups is 1. The first-order valence-electron chi connectivity index (χ1n) is 4.48. The molecule has 0 unspecified atom stereocenters. The molecule has 0 aromatic heterocycles. The first-order valence-corrected chi connectivity index (χ1v) is 4.89. The Balaban J connectivity index is 2.64. The molecule has 0 radical (unpaired) electrons. The Bertz CT molecular complexity index is 361. The lowest BCUT2D eigenvalue weighted by Gasteiger charge is -2.07. The average molecular weight is 223 g/mol. The number of carbonyl (C=O) groups excluding carboxylic acids is 1. The highest BCUT2D eigenvalue weighted by Gasteiger charge is 1.97. The topological polar surface area (TPSA) is 53.2 Å². The zero-order valence-electron chi connectivity index (χ0n) is 8.63. The summed E-state index contributed by atoms with van der Waals surface area (Å²) in [7, 11) is 1.75. The third kappa shape index (κ3) is 3.95. The summed E-state index contributed by atoms with van der Waals surface area (Å²) in [5.74, 6) is -0.0820. The van der Waals surface area contributed by atoms with Gasteiger partial charge < -0.3 is 16.0 Å². The van der Waals surface area contributed by atoms with Crippen molar-refractivity contribution in [3.8, 4) is 0 Å². The minimum atomic E-state index is -0.0820. The Kier molecular flexibility index (Phi) is 4.05. The molecular weight excluding hydrogens is 210 g/mol. The van der Waals surface area contributed by atoms with Gasteiger partial charge in [0, 0.05) is 25.3 Å². The molecule has 0 spiro atoms. The van der Waals surface area contributed by atoms with Crippen LogP contribution in [-0.4, -0.2) is 18.1 Å². The standard InChI is InChI=1S/C10H13N3OS/c1-7(14)12-8-3-5-9(6-4-8)13-10(15)11-2/h3-6H,1-2H3,(H,12,14)(H2,11,13,15). The summed E-state index contributed by atoms with van der Waals surface area (Å²) < 4.78 is 0. The maximum Gasteiger partial charge on any atom is 0.221 e. The number of nitrogens with one attached hydrogen (secondary N) is 3. The Labute approximate surface area is 94.1 Å². The largest absolute Gasteiger partial charge is 0.366 e. The van der Waals surface area contributed by atoms with Crippen LogP contribution in [-0.2, 0) is 4.79 Å². The van der Waals surface area contributed by atoms with Crippen molar-refractivity contribution in [3.05, 3.63) is 24.3 Å². The van der Waals surface area contributed by atoms with E-state index in [1.54, 1.807) is 7.05 Å². The Morgan fingerprint density at radius 2 is 1.60 bits per heavy atom. The molecular formula is C10H13N3OS. The molecule has 5 heteroatoms. The summed E-state index contributed by atoms with van der Waals surface area (Å²) in [5.41, 5.74) is 1.65. The van der Waals surface area contributed by atoms with E-state index in [1.165, 1.54) is 6.92 Å². The second kappa shape index (κ2) is 5.31. The molecule has 1 aromatic rings. The fourth-order valence-electron chi connectivity index (χ4n) is 1.03. The molecule has 0 heterocycles. The van der Waals surface area contributed by atoms with Crippen molar-refractivity contribution >= 4 is 34.6 Å². The van der Waals surface area contributed by atoms with Gasteiger partial charge in [0.15, 0.2) is 5.11 Å². The van der Waals surface area contributed by atoms with Crippen molar-refractivity contribution in [2.75, 3.05) is 17.7 Å². The fraction of sp³-hybridized carbons (Fsp3) is 0.200. The van der Waals surface area contributed by atoms with Crippen LogP contribution in [0.4, 0.5) is 11.4 Å². The van der Waals surface area contributed by atoms with Gasteiger partial charge in [0.05, 0.1) is 0 Å². The third-order valence-electron chi connectivity index (χ3n) is 1.69. The number of rotatable bonds is 2. The van der Waals surface area contributed by atoms with E-state index in [0.717, 1.165) is 11.4 Å². The molecule has 0 saturated heterocycles. The summed E-state index contributed by atoms with van der Waals surface area (Å²) in [4.78, 5) is 10.8. The number of carbonyl (C=O) groups is 1. The smallest absolute Gasteiger partial charge is 0.221 e. The van der Waals surface area contributed by atoms with Crippen LogP contribution in [0, 0.1) is 0 Å². The van der Waals surface area contributed by atoms with Gasteiger partial charge in [0.25, 0.3) is 0 Å². The summed E-state index contributed by atoms with van der Waals surface area (Å²) in [6.45, 7) is 1.47. The number of benzene rings is 1. The quantitative estimate of drug-likeness (QED) is 0.666. The van der Waals surface area contributed by atoms with E-state index in [-0.39, 0.29) is 5.91 Å². The van der Waals surface area contributed by atoms with E-state index >= 15 is 0 Å². The molecule has 0 saturated carbocycles. The molecule has 1 rings (SSSR count). The molecule has 0 aliphatic carbocycles. The monoisotopic (exact) mass is 223 g/mol. The molecule has 0 bridgehead atoms. The number of anilines is 2. The van der Waals surface area contributed by atoms with E-state index in [1.807, 2.05) is 24.3 Å². The Morgan fingerprint density at radius 1 is 1.13 bits per heavy atom. The number of amides is 1. The van der Waals surface area contributed by atoms with Crippen molar-refractivity contribution in [1.29, 1.82) is 0 Å². The van der Waals surface area contributed by atoms with Gasteiger partial charge in [-0.3, -0.25) is 4.79 Å². The highest BCUT2D eigenvalue weighted by atomic mass is 32.1. The molecule has 1 aromatic carbocycles. The minimum absolute atomic E-state index is 0.0820. The molecule has 0 atom stereocenters. The van der Waals surface area contributed by atoms with Gasteiger partial charge in [-0.25, -0.2) is 0 Å². The van der Waals surface area contributed by atoms with Gasteiger partial charge >= 0.3 is 0 Å². The van der Waals surface area contributed by atoms with Crippen LogP contribution in [0.1, 0.15) is 6.92 Å². The molecule has 4 nitrogen and oxygen atoms in total. The van der Waals surface area contributed by atoms with E-state index < -0.39 is 0 Å². The highest BCUT2D eigenvalue weighted by molar-refractivity contribution is 7.80. The van der Waals surface area contributed by atoms with Gasteiger partial charge in [0.2, 0.25) is 5.91 Å². The van der Waals surface area contributed by atoms with Crippen molar-refractivity contribution in [3.63, 3.8) is 0 Å². The molecule has 0 aliphatic rings. The summed E-state index contributed by atoms with van der Waals surface area (Å²) in [6, 6.07) is 7.30. The molecule has 0 fully saturated rings. The van der Waals surface area contributed by atoms with E-state index in [0.29, 0.717) is 5.11 Å². The summed E-state index contributed by atoms with van der Waals surface area (Å²) >= 11 is 4.95. The lowest BCUT2D eigenvalue weighted by molar-refractivity contribution is -0.114. The molecule has 15 heavy (non-hydrogen) atoms. The Morgan fingerprint density at radius 3 is 2.00 bits per heavy atom. The zero-order chi connectivity index (χ0) is 11.3. The van der Waals surface area contributed by atoms with Gasteiger partial charge in [-0.05, 0) is 36.5 Å². The first-order chi connectivity index (χ1) is 7.11. The molecule has 0 aliphatic heterocycles. The predicted molar refractivity (Wildman–Crippen MR) is 66.0 cm³/mol. The Hall–Kier alpha value is -1.62. The lowest BCUT2D eigenvalue weighted by atomic mass is 10.3. The van der Waals surface area contributed by atoms with Crippen molar-refractivity contribution in [2.45, 2.75) is 6.92 Å². The van der Waals surface area contributed by atoms with Crippen LogP contribution >= 0.6 is 12.2 Å². The second-order valence-electron chi connectivity index (χ2n) is 2.96. The van der Waals surface area contributed by atoms with Gasteiger partial charge in [-0.15, -0.1) is 0 Å². The molecule has 3 N–H and O–H groups in total. The van der Waals surface area contributed by atoms with Crippen molar-refractivity contribution in [1.82, 2.24) is 5.32 Å². The summed E-state index contributed by atoms with van der Waals surface area (Å²) in [5, 5.41) is 9.03. The first kappa shape index (κ1) is 11.5. The van der Waals surface area contributed by atoms with Crippen LogP contribution in [0.15, 0.2) is 24.3 Å². The van der Waals surface area contributed by atoms with Crippen LogP contribution < -0.4 is 16.0 Å². The fourth-order valence-corrected chi connectivity index (χ4v) is 1.15. The third-order valence-corrected chi connectivity index (χ3v) is 2.00. The highest BCUT2D eigenvalue weighted by Crippen LogP contribution is 2.13. The maximum absolute atomic E-state index is 10.8. The predicted octanol–water partition coefficient (Wildman–Crippen LogP) is 1.56. The van der Waals surface area contributed by atoms with Crippen LogP contribution in [0.25, 0.3) is 0 Å². The van der Waals surface area contributed by atoms with E-state index in [9.17, 15) is 4.79 Å². The normalized spacial score (nSPS) is 9.20. The zero-order valence-corrected chi connectivity index (χ0v) is 9.44. The SMILES string of the molecule is CNC(=S)Nc1ccc(NC(C)=O)cc1. The van der Waals surface area contributed by atoms with Gasteiger partial charge in [0.1, 0.15) is 0 Å². The minimum Gasteiger partial charge on any atom is -0.366 e. The van der Waals surface area contributed by atoms with Gasteiger partial charge in [-0.1, -0.05) is 0 Å². The number of hydrogen-bond donors (Lipinski definition) is 3. The van der Waals surface area contributed by atoms with Crippen LogP contribution in [0.2, 0.25) is 0 Å². The van der Waals surface area contributed by atoms with Crippen molar-refractivity contribution in [2.24, 2.45) is 0 Å². The van der Waals surface area contributed by atoms with E-state index in [4.69, 9.17) is 12.2 Å². The van der Waals surface area contributed by atoms with Crippen LogP contribution in [0.5, 0.6) is 0 Å². The van der Waals surface area contributed by atoms with Crippen LogP contribution in [0.3, 0.4) is 0 Å². The molecule has 1 amide bonds. The molecule has 80 valence electrons.